The molecule has 1 N–H and O–H groups in total. The van der Waals surface area contributed by atoms with Crippen molar-refractivity contribution < 1.29 is 14.6 Å². The number of fused-ring (bicyclic) bond motifs is 2. The lowest BCUT2D eigenvalue weighted by Gasteiger charge is -2.39. The molecule has 0 bridgehead atoms. The lowest BCUT2D eigenvalue weighted by atomic mass is 9.97. The van der Waals surface area contributed by atoms with Gasteiger partial charge in [-0.25, -0.2) is 4.79 Å². The van der Waals surface area contributed by atoms with Crippen molar-refractivity contribution in [1.82, 2.24) is 24.8 Å². The molecule has 6 rings (SSSR count). The van der Waals surface area contributed by atoms with Crippen molar-refractivity contribution in [3.05, 3.63) is 53.2 Å². The smallest absolute Gasteiger partial charge is 0.407 e. The maximum Gasteiger partial charge on any atom is 0.407 e. The Morgan fingerprint density at radius 1 is 1.17 bits per heavy atom. The van der Waals surface area contributed by atoms with Crippen LogP contribution >= 0.6 is 11.6 Å². The number of hydrogen-bond acceptors (Lipinski definition) is 8. The molecule has 2 aromatic carbocycles. The van der Waals surface area contributed by atoms with Gasteiger partial charge in [-0.05, 0) is 49.7 Å². The molecule has 0 radical (unpaired) electrons. The van der Waals surface area contributed by atoms with E-state index >= 15 is 0 Å². The van der Waals surface area contributed by atoms with Crippen LogP contribution in [-0.2, 0) is 0 Å². The van der Waals surface area contributed by atoms with Crippen molar-refractivity contribution in [3.8, 4) is 23.3 Å². The van der Waals surface area contributed by atoms with E-state index in [0.29, 0.717) is 47.1 Å². The Morgan fingerprint density at radius 3 is 2.71 bits per heavy atom. The molecule has 0 spiro atoms. The Labute approximate surface area is 249 Å². The summed E-state index contributed by atoms with van der Waals surface area (Å²) in [6, 6.07) is 14.4. The first-order chi connectivity index (χ1) is 20.4. The number of halogens is 1. The minimum absolute atomic E-state index is 0.0762. The summed E-state index contributed by atoms with van der Waals surface area (Å²) in [6.07, 6.45) is 2.94. The van der Waals surface area contributed by atoms with E-state index in [1.807, 2.05) is 23.1 Å². The lowest BCUT2D eigenvalue weighted by Crippen LogP contribution is -2.55. The largest absolute Gasteiger partial charge is 0.465 e. The third-order valence-electron chi connectivity index (χ3n) is 8.44. The maximum atomic E-state index is 11.8. The van der Waals surface area contributed by atoms with Gasteiger partial charge in [0.25, 0.3) is 0 Å². The molecule has 2 fully saturated rings. The van der Waals surface area contributed by atoms with Crippen molar-refractivity contribution in [1.29, 1.82) is 5.26 Å². The normalized spacial score (nSPS) is 19.4. The van der Waals surface area contributed by atoms with Crippen LogP contribution in [0.1, 0.15) is 24.8 Å². The molecule has 0 aliphatic carbocycles. The van der Waals surface area contributed by atoms with Crippen molar-refractivity contribution >= 4 is 45.2 Å². The molecule has 4 heterocycles. The van der Waals surface area contributed by atoms with Gasteiger partial charge in [-0.3, -0.25) is 4.98 Å². The number of ether oxygens (including phenoxy) is 1. The molecule has 216 valence electrons. The third kappa shape index (κ3) is 5.14. The topological polar surface area (TPSA) is 119 Å². The predicted molar refractivity (Wildman–Crippen MR) is 162 cm³/mol. The van der Waals surface area contributed by atoms with Crippen molar-refractivity contribution in [2.24, 2.45) is 0 Å². The fraction of sp³-hybridized carbons (Fsp3) is 0.387. The van der Waals surface area contributed by atoms with Gasteiger partial charge >= 0.3 is 12.1 Å². The summed E-state index contributed by atoms with van der Waals surface area (Å²) >= 11 is 7.14. The number of anilines is 1. The lowest BCUT2D eigenvalue weighted by molar-refractivity contribution is 0.119. The number of pyridine rings is 1. The zero-order valence-corrected chi connectivity index (χ0v) is 24.4. The van der Waals surface area contributed by atoms with Gasteiger partial charge in [-0.2, -0.15) is 15.2 Å². The molecule has 4 aromatic rings. The summed E-state index contributed by atoms with van der Waals surface area (Å²) in [7, 11) is 2.09. The van der Waals surface area contributed by atoms with E-state index in [4.69, 9.17) is 31.3 Å². The van der Waals surface area contributed by atoms with Crippen LogP contribution in [0.2, 0.25) is 5.02 Å². The molecule has 1 amide bonds. The van der Waals surface area contributed by atoms with E-state index in [0.717, 1.165) is 41.3 Å². The van der Waals surface area contributed by atoms with Crippen LogP contribution in [0, 0.1) is 18.3 Å². The van der Waals surface area contributed by atoms with Crippen LogP contribution in [0.3, 0.4) is 0 Å². The second-order valence-corrected chi connectivity index (χ2v) is 11.4. The number of likely N-dealkylation sites (tertiary alicyclic amines) is 1. The van der Waals surface area contributed by atoms with E-state index in [1.165, 1.54) is 4.90 Å². The molecule has 11 heteroatoms. The number of piperazine rings is 1. The van der Waals surface area contributed by atoms with Gasteiger partial charge in [-0.1, -0.05) is 48.0 Å². The number of benzene rings is 2. The fourth-order valence-corrected chi connectivity index (χ4v) is 6.48. The number of aromatic nitrogens is 3. The Bertz CT molecular complexity index is 1700. The van der Waals surface area contributed by atoms with Crippen LogP contribution in [0.5, 0.6) is 6.01 Å². The summed E-state index contributed by atoms with van der Waals surface area (Å²) < 4.78 is 6.20. The molecule has 2 saturated heterocycles. The number of amides is 1. The number of hydrogen-bond donors (Lipinski definition) is 1. The minimum Gasteiger partial charge on any atom is -0.465 e. The highest BCUT2D eigenvalue weighted by atomic mass is 35.5. The third-order valence-corrected chi connectivity index (χ3v) is 8.80. The summed E-state index contributed by atoms with van der Waals surface area (Å²) in [5, 5.41) is 22.3. The second kappa shape index (κ2) is 11.6. The Hall–Kier alpha value is -4.20. The van der Waals surface area contributed by atoms with E-state index in [1.54, 1.807) is 6.20 Å². The molecule has 2 aliphatic rings. The van der Waals surface area contributed by atoms with Gasteiger partial charge < -0.3 is 24.5 Å². The Morgan fingerprint density at radius 2 is 1.98 bits per heavy atom. The van der Waals surface area contributed by atoms with Gasteiger partial charge in [0.1, 0.15) is 17.9 Å². The number of aryl methyl sites for hydroxylation is 1. The van der Waals surface area contributed by atoms with E-state index < -0.39 is 12.1 Å². The molecule has 42 heavy (non-hydrogen) atoms. The van der Waals surface area contributed by atoms with Gasteiger partial charge in [0.2, 0.25) is 0 Å². The summed E-state index contributed by atoms with van der Waals surface area (Å²) in [5.41, 5.74) is 3.17. The standard InChI is InChI=1S/C31H32ClN7O3/c1-19-6-3-7-20-8-4-10-23(25(19)20)27-26(32)28-24(16-34-27)29(36-30(35-28)42-18-22-9-5-13-37(22)2)38-14-15-39(31(40)41)21(17-38)11-12-33/h3-4,6-8,10,16,21-22H,5,9,11,13-15,17-18H2,1-2H3,(H,40,41)/t21-,22-/m0/s1. The molecule has 2 atom stereocenters. The van der Waals surface area contributed by atoms with Crippen molar-refractivity contribution in [3.63, 3.8) is 0 Å². The molecule has 2 aromatic heterocycles. The van der Waals surface area contributed by atoms with Gasteiger partial charge in [0, 0.05) is 37.4 Å². The van der Waals surface area contributed by atoms with Crippen LogP contribution in [0.15, 0.2) is 42.6 Å². The monoisotopic (exact) mass is 585 g/mol. The quantitative estimate of drug-likeness (QED) is 0.319. The molecule has 0 unspecified atom stereocenters. The number of carboxylic acid groups (broad SMARTS) is 1. The number of likely N-dealkylation sites (N-methyl/N-ethyl adjacent to an activating group) is 1. The average Bonchev–Trinajstić information content (AvgIpc) is 3.40. The number of rotatable bonds is 6. The Kier molecular flexibility index (Phi) is 7.71. The SMILES string of the molecule is Cc1cccc2cccc(-c3ncc4c(N5CCN(C(=O)O)[C@@H](CC#N)C5)nc(OC[C@@H]5CCCN5C)nc4c3Cl)c12. The zero-order chi connectivity index (χ0) is 29.4. The van der Waals surface area contributed by atoms with Crippen molar-refractivity contribution in [2.45, 2.75) is 38.3 Å². The van der Waals surface area contributed by atoms with E-state index in [9.17, 15) is 15.2 Å². The second-order valence-electron chi connectivity index (χ2n) is 11.0. The molecule has 0 saturated carbocycles. The summed E-state index contributed by atoms with van der Waals surface area (Å²) in [4.78, 5) is 31.9. The number of nitriles is 1. The molecule has 2 aliphatic heterocycles. The summed E-state index contributed by atoms with van der Waals surface area (Å²) in [6.45, 7) is 4.48. The maximum absolute atomic E-state index is 11.8. The van der Waals surface area contributed by atoms with Crippen LogP contribution in [0.25, 0.3) is 32.9 Å². The van der Waals surface area contributed by atoms with E-state index in [2.05, 4.69) is 43.1 Å². The Balaban J connectivity index is 1.46. The van der Waals surface area contributed by atoms with Gasteiger partial charge in [-0.15, -0.1) is 0 Å². The van der Waals surface area contributed by atoms with Gasteiger partial charge in [0.05, 0.1) is 34.6 Å². The van der Waals surface area contributed by atoms with Crippen LogP contribution < -0.4 is 9.64 Å². The predicted octanol–water partition coefficient (Wildman–Crippen LogP) is 5.36. The van der Waals surface area contributed by atoms with Gasteiger partial charge in [0.15, 0.2) is 0 Å². The number of nitrogens with zero attached hydrogens (tertiary/aromatic N) is 7. The highest BCUT2D eigenvalue weighted by molar-refractivity contribution is 6.38. The first-order valence-corrected chi connectivity index (χ1v) is 14.5. The molecule has 10 nitrogen and oxygen atoms in total. The highest BCUT2D eigenvalue weighted by Gasteiger charge is 2.32. The minimum atomic E-state index is -1.04. The average molecular weight is 586 g/mol. The first-order valence-electron chi connectivity index (χ1n) is 14.1. The highest BCUT2D eigenvalue weighted by Crippen LogP contribution is 2.39. The molecular weight excluding hydrogens is 554 g/mol. The summed E-state index contributed by atoms with van der Waals surface area (Å²) in [5.74, 6) is 0.567. The first kappa shape index (κ1) is 27.9. The van der Waals surface area contributed by atoms with Crippen LogP contribution in [-0.4, -0.2) is 87.9 Å². The zero-order valence-electron chi connectivity index (χ0n) is 23.6. The van der Waals surface area contributed by atoms with Crippen molar-refractivity contribution in [2.75, 3.05) is 44.7 Å². The van der Waals surface area contributed by atoms with Crippen LogP contribution in [0.4, 0.5) is 10.6 Å². The fourth-order valence-electron chi connectivity index (χ4n) is 6.18. The number of carbonyl (C=O) groups is 1. The molecular formula is C31H32ClN7O3. The van der Waals surface area contributed by atoms with E-state index in [-0.39, 0.29) is 25.0 Å².